The summed E-state index contributed by atoms with van der Waals surface area (Å²) in [6.07, 6.45) is 6.49. The Bertz CT molecular complexity index is 530. The van der Waals surface area contributed by atoms with Gasteiger partial charge in [-0.25, -0.2) is 0 Å². The summed E-state index contributed by atoms with van der Waals surface area (Å²) >= 11 is 0. The molecule has 94 valence electrons. The lowest BCUT2D eigenvalue weighted by atomic mass is 9.89. The van der Waals surface area contributed by atoms with Crippen LogP contribution in [0.15, 0.2) is 36.7 Å². The molecule has 2 aromatic rings. The van der Waals surface area contributed by atoms with Crippen molar-refractivity contribution in [3.63, 3.8) is 0 Å². The van der Waals surface area contributed by atoms with E-state index in [1.54, 1.807) is 7.11 Å². The van der Waals surface area contributed by atoms with Crippen LogP contribution < -0.4 is 5.32 Å². The Morgan fingerprint density at radius 2 is 2.22 bits per heavy atom. The van der Waals surface area contributed by atoms with Crippen LogP contribution in [0.1, 0.15) is 18.4 Å². The summed E-state index contributed by atoms with van der Waals surface area (Å²) in [6, 6.07) is 9.08. The molecule has 1 aromatic heterocycles. The molecule has 3 nitrogen and oxygen atoms in total. The van der Waals surface area contributed by atoms with Gasteiger partial charge in [0, 0.05) is 37.5 Å². The van der Waals surface area contributed by atoms with Gasteiger partial charge in [0.05, 0.1) is 6.10 Å². The fourth-order valence-corrected chi connectivity index (χ4v) is 2.52. The van der Waals surface area contributed by atoms with Gasteiger partial charge in [0.25, 0.3) is 0 Å². The molecular weight excluding hydrogens is 224 g/mol. The molecule has 3 rings (SSSR count). The number of nitrogens with one attached hydrogen (secondary N) is 1. The molecule has 1 aliphatic carbocycles. The maximum atomic E-state index is 5.29. The number of ether oxygens (including phenoxy) is 1. The Morgan fingerprint density at radius 3 is 3.06 bits per heavy atom. The van der Waals surface area contributed by atoms with E-state index >= 15 is 0 Å². The summed E-state index contributed by atoms with van der Waals surface area (Å²) < 4.78 is 5.29. The van der Waals surface area contributed by atoms with Crippen LogP contribution in [-0.2, 0) is 11.3 Å². The Labute approximate surface area is 107 Å². The normalized spacial score (nSPS) is 22.9. The Kier molecular flexibility index (Phi) is 3.26. The molecule has 0 spiro atoms. The highest BCUT2D eigenvalue weighted by Crippen LogP contribution is 2.24. The quantitative estimate of drug-likeness (QED) is 0.894. The Hall–Kier alpha value is -1.45. The van der Waals surface area contributed by atoms with Crippen molar-refractivity contribution in [2.45, 2.75) is 31.5 Å². The highest BCUT2D eigenvalue weighted by molar-refractivity contribution is 5.84. The molecule has 0 amide bonds. The van der Waals surface area contributed by atoms with Crippen LogP contribution in [0.4, 0.5) is 0 Å². The van der Waals surface area contributed by atoms with Crippen molar-refractivity contribution >= 4 is 10.8 Å². The van der Waals surface area contributed by atoms with Gasteiger partial charge in [0.15, 0.2) is 0 Å². The predicted molar refractivity (Wildman–Crippen MR) is 72.4 cm³/mol. The van der Waals surface area contributed by atoms with E-state index in [0.29, 0.717) is 12.1 Å². The van der Waals surface area contributed by atoms with Crippen LogP contribution in [-0.4, -0.2) is 24.2 Å². The molecule has 0 unspecified atom stereocenters. The van der Waals surface area contributed by atoms with E-state index in [1.165, 1.54) is 16.3 Å². The zero-order chi connectivity index (χ0) is 12.4. The van der Waals surface area contributed by atoms with Crippen LogP contribution in [0.2, 0.25) is 0 Å². The summed E-state index contributed by atoms with van der Waals surface area (Å²) in [5.41, 5.74) is 1.34. The van der Waals surface area contributed by atoms with Crippen LogP contribution in [0.5, 0.6) is 0 Å². The first-order chi connectivity index (χ1) is 8.86. The van der Waals surface area contributed by atoms with Gasteiger partial charge in [-0.2, -0.15) is 0 Å². The van der Waals surface area contributed by atoms with E-state index < -0.39 is 0 Å². The van der Waals surface area contributed by atoms with Crippen molar-refractivity contribution in [3.8, 4) is 0 Å². The molecule has 1 N–H and O–H groups in total. The summed E-state index contributed by atoms with van der Waals surface area (Å²) in [6.45, 7) is 0.919. The molecule has 0 radical (unpaired) electrons. The van der Waals surface area contributed by atoms with Gasteiger partial charge >= 0.3 is 0 Å². The Balaban J connectivity index is 1.68. The molecule has 1 fully saturated rings. The lowest BCUT2D eigenvalue weighted by Crippen LogP contribution is -2.44. The molecule has 1 heterocycles. The number of benzene rings is 1. The Morgan fingerprint density at radius 1 is 1.33 bits per heavy atom. The van der Waals surface area contributed by atoms with E-state index in [4.69, 9.17) is 4.74 Å². The topological polar surface area (TPSA) is 34.1 Å². The van der Waals surface area contributed by atoms with Crippen LogP contribution >= 0.6 is 0 Å². The summed E-state index contributed by atoms with van der Waals surface area (Å²) in [5.74, 6) is 0. The average molecular weight is 242 g/mol. The zero-order valence-corrected chi connectivity index (χ0v) is 10.6. The minimum Gasteiger partial charge on any atom is -0.381 e. The monoisotopic (exact) mass is 242 g/mol. The van der Waals surface area contributed by atoms with Crippen molar-refractivity contribution < 1.29 is 4.74 Å². The van der Waals surface area contributed by atoms with Gasteiger partial charge in [0.2, 0.25) is 0 Å². The van der Waals surface area contributed by atoms with E-state index in [-0.39, 0.29) is 0 Å². The van der Waals surface area contributed by atoms with E-state index in [1.807, 2.05) is 12.4 Å². The number of nitrogens with zero attached hydrogens (tertiary/aromatic N) is 1. The van der Waals surface area contributed by atoms with E-state index in [2.05, 4.69) is 34.6 Å². The first-order valence-electron chi connectivity index (χ1n) is 6.44. The predicted octanol–water partition coefficient (Wildman–Crippen LogP) is 2.50. The number of methoxy groups -OCH3 is 1. The van der Waals surface area contributed by atoms with Gasteiger partial charge in [-0.3, -0.25) is 4.98 Å². The standard InChI is InChI=1S/C15H18N2O/c1-18-14-7-13(8-14)17-10-12-4-2-3-11-9-16-6-5-15(11)12/h2-6,9,13-14,17H,7-8,10H2,1H3. The molecule has 0 bridgehead atoms. The fraction of sp³-hybridized carbons (Fsp3) is 0.400. The van der Waals surface area contributed by atoms with Crippen molar-refractivity contribution in [1.82, 2.24) is 10.3 Å². The van der Waals surface area contributed by atoms with Crippen molar-refractivity contribution in [2.75, 3.05) is 7.11 Å². The average Bonchev–Trinajstić information content (AvgIpc) is 2.37. The van der Waals surface area contributed by atoms with E-state index in [0.717, 1.165) is 19.4 Å². The largest absolute Gasteiger partial charge is 0.381 e. The third-order valence-electron chi connectivity index (χ3n) is 3.78. The third kappa shape index (κ3) is 2.24. The second-order valence-electron chi connectivity index (χ2n) is 4.92. The fourth-order valence-electron chi connectivity index (χ4n) is 2.52. The molecule has 0 aliphatic heterocycles. The molecule has 3 heteroatoms. The second-order valence-corrected chi connectivity index (χ2v) is 4.92. The van der Waals surface area contributed by atoms with Gasteiger partial charge in [-0.15, -0.1) is 0 Å². The van der Waals surface area contributed by atoms with Gasteiger partial charge in [0.1, 0.15) is 0 Å². The number of rotatable bonds is 4. The molecule has 0 atom stereocenters. The lowest BCUT2D eigenvalue weighted by molar-refractivity contribution is 0.0170. The SMILES string of the molecule is COC1CC(NCc2cccc3cnccc23)C1. The van der Waals surface area contributed by atoms with Crippen molar-refractivity contribution in [3.05, 3.63) is 42.2 Å². The highest BCUT2D eigenvalue weighted by atomic mass is 16.5. The van der Waals surface area contributed by atoms with Crippen molar-refractivity contribution in [1.29, 1.82) is 0 Å². The molecule has 18 heavy (non-hydrogen) atoms. The summed E-state index contributed by atoms with van der Waals surface area (Å²) in [5, 5.41) is 6.09. The van der Waals surface area contributed by atoms with Gasteiger partial charge < -0.3 is 10.1 Å². The van der Waals surface area contributed by atoms with E-state index in [9.17, 15) is 0 Å². The molecule has 0 saturated heterocycles. The maximum absolute atomic E-state index is 5.29. The number of hydrogen-bond donors (Lipinski definition) is 1. The zero-order valence-electron chi connectivity index (χ0n) is 10.6. The lowest BCUT2D eigenvalue weighted by Gasteiger charge is -2.34. The number of hydrogen-bond acceptors (Lipinski definition) is 3. The third-order valence-corrected chi connectivity index (χ3v) is 3.78. The van der Waals surface area contributed by atoms with Crippen LogP contribution in [0.25, 0.3) is 10.8 Å². The van der Waals surface area contributed by atoms with Crippen molar-refractivity contribution in [2.24, 2.45) is 0 Å². The molecule has 1 aromatic carbocycles. The maximum Gasteiger partial charge on any atom is 0.0601 e. The smallest absolute Gasteiger partial charge is 0.0601 e. The van der Waals surface area contributed by atoms with Gasteiger partial charge in [-0.1, -0.05) is 18.2 Å². The number of fused-ring (bicyclic) bond motifs is 1. The van der Waals surface area contributed by atoms with Gasteiger partial charge in [-0.05, 0) is 29.9 Å². The molecule has 1 saturated carbocycles. The highest BCUT2D eigenvalue weighted by Gasteiger charge is 2.28. The number of pyridine rings is 1. The van der Waals surface area contributed by atoms with Crippen LogP contribution in [0, 0.1) is 0 Å². The molecule has 1 aliphatic rings. The van der Waals surface area contributed by atoms with Crippen LogP contribution in [0.3, 0.4) is 0 Å². The summed E-state index contributed by atoms with van der Waals surface area (Å²) in [4.78, 5) is 4.16. The first-order valence-corrected chi connectivity index (χ1v) is 6.44. The summed E-state index contributed by atoms with van der Waals surface area (Å²) in [7, 11) is 1.79. The second kappa shape index (κ2) is 5.04. The minimum atomic E-state index is 0.458. The minimum absolute atomic E-state index is 0.458. The molecular formula is C15H18N2O. The first kappa shape index (κ1) is 11.6. The number of aromatic nitrogens is 1.